The average Bonchev–Trinajstić information content (AvgIpc) is 3.22. The smallest absolute Gasteiger partial charge is 0.255 e. The first-order chi connectivity index (χ1) is 10.5. The quantitative estimate of drug-likeness (QED) is 0.835. The Balaban J connectivity index is 1.54. The molecule has 0 aromatic carbocycles. The summed E-state index contributed by atoms with van der Waals surface area (Å²) in [6.07, 6.45) is 3.88. The molecule has 0 bridgehead atoms. The number of carbonyl (C=O) groups is 1. The number of nitrogens with zero attached hydrogens (tertiary/aromatic N) is 2. The molecule has 122 valence electrons. The molecule has 2 heterocycles. The number of hydrogen-bond acceptors (Lipinski definition) is 5. The summed E-state index contributed by atoms with van der Waals surface area (Å²) in [7, 11) is 0. The summed E-state index contributed by atoms with van der Waals surface area (Å²) in [5.74, 6) is 0.574. The standard InChI is InChI=1S/C16H25N3O2S/c1-11-12(2)22-14(18-11)8-17-10-16(21)6-3-7-19(15(16)20)9-13-4-5-13/h13,17,21H,3-10H2,1-2H3/t16-/m1/s1. The molecule has 2 aliphatic rings. The fourth-order valence-electron chi connectivity index (χ4n) is 3.01. The van der Waals surface area contributed by atoms with Gasteiger partial charge in [-0.15, -0.1) is 11.3 Å². The summed E-state index contributed by atoms with van der Waals surface area (Å²) in [6.45, 7) is 6.60. The van der Waals surface area contributed by atoms with Crippen molar-refractivity contribution in [1.82, 2.24) is 15.2 Å². The van der Waals surface area contributed by atoms with E-state index in [0.717, 1.165) is 30.2 Å². The van der Waals surface area contributed by atoms with E-state index >= 15 is 0 Å². The summed E-state index contributed by atoms with van der Waals surface area (Å²) in [5, 5.41) is 14.9. The molecule has 2 N–H and O–H groups in total. The zero-order valence-corrected chi connectivity index (χ0v) is 14.2. The van der Waals surface area contributed by atoms with Crippen LogP contribution in [0.4, 0.5) is 0 Å². The maximum atomic E-state index is 12.5. The molecule has 1 saturated carbocycles. The van der Waals surface area contributed by atoms with Gasteiger partial charge in [-0.25, -0.2) is 4.98 Å². The van der Waals surface area contributed by atoms with Crippen molar-refractivity contribution in [2.24, 2.45) is 5.92 Å². The van der Waals surface area contributed by atoms with E-state index in [0.29, 0.717) is 25.4 Å². The first-order valence-corrected chi connectivity index (χ1v) is 8.95. The van der Waals surface area contributed by atoms with Crippen LogP contribution in [-0.4, -0.2) is 46.1 Å². The van der Waals surface area contributed by atoms with Crippen LogP contribution in [0, 0.1) is 19.8 Å². The van der Waals surface area contributed by atoms with E-state index in [4.69, 9.17) is 0 Å². The van der Waals surface area contributed by atoms with E-state index in [9.17, 15) is 9.90 Å². The van der Waals surface area contributed by atoms with E-state index in [1.54, 1.807) is 11.3 Å². The van der Waals surface area contributed by atoms with Crippen LogP contribution in [0.2, 0.25) is 0 Å². The Morgan fingerprint density at radius 3 is 2.86 bits per heavy atom. The van der Waals surface area contributed by atoms with E-state index in [1.165, 1.54) is 17.7 Å². The largest absolute Gasteiger partial charge is 0.379 e. The lowest BCUT2D eigenvalue weighted by atomic mass is 9.91. The van der Waals surface area contributed by atoms with E-state index in [-0.39, 0.29) is 5.91 Å². The number of aromatic nitrogens is 1. The second-order valence-electron chi connectivity index (χ2n) is 6.68. The molecule has 1 aromatic rings. The lowest BCUT2D eigenvalue weighted by molar-refractivity contribution is -0.156. The number of amides is 1. The first kappa shape index (κ1) is 15.9. The van der Waals surface area contributed by atoms with Gasteiger partial charge in [0, 0.05) is 31.1 Å². The fraction of sp³-hybridized carbons (Fsp3) is 0.750. The Kier molecular flexibility index (Phi) is 4.52. The molecule has 0 radical (unpaired) electrons. The number of rotatable bonds is 6. The molecule has 1 aromatic heterocycles. The fourth-order valence-corrected chi connectivity index (χ4v) is 3.91. The van der Waals surface area contributed by atoms with Crippen LogP contribution in [0.5, 0.6) is 0 Å². The molecule has 0 unspecified atom stereocenters. The van der Waals surface area contributed by atoms with Gasteiger partial charge in [0.15, 0.2) is 5.60 Å². The van der Waals surface area contributed by atoms with Crippen LogP contribution in [0.1, 0.15) is 41.3 Å². The molecule has 0 spiro atoms. The zero-order chi connectivity index (χ0) is 15.7. The summed E-state index contributed by atoms with van der Waals surface area (Å²) < 4.78 is 0. The van der Waals surface area contributed by atoms with Gasteiger partial charge in [-0.1, -0.05) is 0 Å². The topological polar surface area (TPSA) is 65.5 Å². The lowest BCUT2D eigenvalue weighted by Gasteiger charge is -2.38. The Morgan fingerprint density at radius 2 is 2.23 bits per heavy atom. The summed E-state index contributed by atoms with van der Waals surface area (Å²) in [6, 6.07) is 0. The van der Waals surface area contributed by atoms with Crippen molar-refractivity contribution in [3.8, 4) is 0 Å². The molecule has 5 nitrogen and oxygen atoms in total. The number of carbonyl (C=O) groups excluding carboxylic acids is 1. The summed E-state index contributed by atoms with van der Waals surface area (Å²) in [5.41, 5.74) is -0.182. The third-order valence-electron chi connectivity index (χ3n) is 4.65. The van der Waals surface area contributed by atoms with Gasteiger partial charge in [0.2, 0.25) is 0 Å². The van der Waals surface area contributed by atoms with Gasteiger partial charge < -0.3 is 15.3 Å². The lowest BCUT2D eigenvalue weighted by Crippen LogP contribution is -2.58. The molecule has 1 atom stereocenters. The highest BCUT2D eigenvalue weighted by Crippen LogP contribution is 2.32. The Hall–Kier alpha value is -0.980. The summed E-state index contributed by atoms with van der Waals surface area (Å²) >= 11 is 1.67. The van der Waals surface area contributed by atoms with Crippen LogP contribution in [0.3, 0.4) is 0 Å². The van der Waals surface area contributed by atoms with Crippen LogP contribution < -0.4 is 5.32 Å². The number of thiazole rings is 1. The number of hydrogen-bond donors (Lipinski definition) is 2. The zero-order valence-electron chi connectivity index (χ0n) is 13.4. The van der Waals surface area contributed by atoms with Crippen molar-refractivity contribution in [2.45, 2.75) is 51.7 Å². The van der Waals surface area contributed by atoms with E-state index < -0.39 is 5.60 Å². The Labute approximate surface area is 135 Å². The average molecular weight is 323 g/mol. The van der Waals surface area contributed by atoms with Crippen molar-refractivity contribution < 1.29 is 9.90 Å². The number of piperidine rings is 1. The van der Waals surface area contributed by atoms with Crippen molar-refractivity contribution in [3.63, 3.8) is 0 Å². The Bertz CT molecular complexity index is 536. The number of aryl methyl sites for hydroxylation is 2. The van der Waals surface area contributed by atoms with Gasteiger partial charge in [-0.05, 0) is 45.4 Å². The van der Waals surface area contributed by atoms with Crippen molar-refractivity contribution in [2.75, 3.05) is 19.6 Å². The van der Waals surface area contributed by atoms with E-state index in [2.05, 4.69) is 17.2 Å². The van der Waals surface area contributed by atoms with Crippen LogP contribution >= 0.6 is 11.3 Å². The molecule has 2 fully saturated rings. The van der Waals surface area contributed by atoms with Gasteiger partial charge in [0.05, 0.1) is 5.69 Å². The molecular weight excluding hydrogens is 298 g/mol. The molecule has 1 aliphatic heterocycles. The van der Waals surface area contributed by atoms with Gasteiger partial charge in [0.25, 0.3) is 5.91 Å². The van der Waals surface area contributed by atoms with Crippen LogP contribution in [0.15, 0.2) is 0 Å². The Morgan fingerprint density at radius 1 is 1.45 bits per heavy atom. The second kappa shape index (κ2) is 6.26. The minimum Gasteiger partial charge on any atom is -0.379 e. The number of aliphatic hydroxyl groups is 1. The minimum atomic E-state index is -1.24. The van der Waals surface area contributed by atoms with Crippen molar-refractivity contribution in [1.29, 1.82) is 0 Å². The molecule has 22 heavy (non-hydrogen) atoms. The van der Waals surface area contributed by atoms with E-state index in [1.807, 2.05) is 11.8 Å². The third-order valence-corrected chi connectivity index (χ3v) is 5.72. The highest BCUT2D eigenvalue weighted by molar-refractivity contribution is 7.11. The SMILES string of the molecule is Cc1nc(CNC[C@]2(O)CCCN(CC3CC3)C2=O)sc1C. The minimum absolute atomic E-state index is 0.0929. The number of nitrogens with one attached hydrogen (secondary N) is 1. The van der Waals surface area contributed by atoms with Gasteiger partial charge >= 0.3 is 0 Å². The van der Waals surface area contributed by atoms with Crippen molar-refractivity contribution >= 4 is 17.2 Å². The van der Waals surface area contributed by atoms with Crippen molar-refractivity contribution in [3.05, 3.63) is 15.6 Å². The van der Waals surface area contributed by atoms with Crippen LogP contribution in [-0.2, 0) is 11.3 Å². The molecule has 1 aliphatic carbocycles. The second-order valence-corrected chi connectivity index (χ2v) is 7.97. The monoisotopic (exact) mass is 323 g/mol. The molecule has 1 saturated heterocycles. The molecule has 3 rings (SSSR count). The van der Waals surface area contributed by atoms with Gasteiger partial charge in [-0.3, -0.25) is 4.79 Å². The maximum Gasteiger partial charge on any atom is 0.255 e. The predicted octanol–water partition coefficient (Wildman–Crippen LogP) is 1.61. The predicted molar refractivity (Wildman–Crippen MR) is 86.8 cm³/mol. The number of likely N-dealkylation sites (tertiary alicyclic amines) is 1. The van der Waals surface area contributed by atoms with Gasteiger partial charge in [-0.2, -0.15) is 0 Å². The molecular formula is C16H25N3O2S. The normalized spacial score (nSPS) is 25.8. The van der Waals surface area contributed by atoms with Crippen LogP contribution in [0.25, 0.3) is 0 Å². The summed E-state index contributed by atoms with van der Waals surface area (Å²) in [4.78, 5) is 20.1. The highest BCUT2D eigenvalue weighted by atomic mass is 32.1. The molecule has 1 amide bonds. The van der Waals surface area contributed by atoms with Gasteiger partial charge in [0.1, 0.15) is 5.01 Å². The highest BCUT2D eigenvalue weighted by Gasteiger charge is 2.43. The molecule has 6 heteroatoms. The maximum absolute atomic E-state index is 12.5. The first-order valence-electron chi connectivity index (χ1n) is 8.13. The third kappa shape index (κ3) is 3.50.